The van der Waals surface area contributed by atoms with E-state index in [2.05, 4.69) is 4.90 Å². The van der Waals surface area contributed by atoms with Gasteiger partial charge >= 0.3 is 6.03 Å². The second-order valence-electron chi connectivity index (χ2n) is 8.60. The molecule has 2 saturated carbocycles. The van der Waals surface area contributed by atoms with Crippen molar-refractivity contribution in [3.63, 3.8) is 0 Å². The Bertz CT molecular complexity index is 501. The topological polar surface area (TPSA) is 66.6 Å². The van der Waals surface area contributed by atoms with Crippen LogP contribution in [0.3, 0.4) is 0 Å². The lowest BCUT2D eigenvalue weighted by Crippen LogP contribution is -2.47. The predicted octanol–water partition coefficient (Wildman–Crippen LogP) is 2.59. The highest BCUT2D eigenvalue weighted by Gasteiger charge is 2.42. The Kier molecular flexibility index (Phi) is 4.44. The molecule has 4 rings (SSSR count). The molecule has 0 unspecified atom stereocenters. The summed E-state index contributed by atoms with van der Waals surface area (Å²) in [5, 5.41) is 0. The highest BCUT2D eigenvalue weighted by Crippen LogP contribution is 2.50. The summed E-state index contributed by atoms with van der Waals surface area (Å²) in [6.07, 6.45) is 10.9. The van der Waals surface area contributed by atoms with Crippen molar-refractivity contribution in [2.75, 3.05) is 19.6 Å². The number of urea groups is 1. The van der Waals surface area contributed by atoms with Crippen molar-refractivity contribution in [1.82, 2.24) is 9.80 Å². The van der Waals surface area contributed by atoms with Gasteiger partial charge in [0.05, 0.1) is 0 Å². The molecule has 2 heterocycles. The third-order valence-electron chi connectivity index (χ3n) is 7.28. The van der Waals surface area contributed by atoms with Gasteiger partial charge in [-0.25, -0.2) is 4.79 Å². The van der Waals surface area contributed by atoms with Gasteiger partial charge in [0, 0.05) is 31.6 Å². The normalized spacial score (nSPS) is 36.5. The van der Waals surface area contributed by atoms with E-state index in [4.69, 9.17) is 5.73 Å². The van der Waals surface area contributed by atoms with Crippen molar-refractivity contribution in [2.24, 2.45) is 29.4 Å². The fraction of sp³-hybridized carbons (Fsp3) is 0.895. The number of hydrogen-bond acceptors (Lipinski definition) is 2. The minimum Gasteiger partial charge on any atom is -0.351 e. The van der Waals surface area contributed by atoms with Gasteiger partial charge in [0.1, 0.15) is 0 Å². The summed E-state index contributed by atoms with van der Waals surface area (Å²) >= 11 is 0. The third kappa shape index (κ3) is 3.02. The summed E-state index contributed by atoms with van der Waals surface area (Å²) in [6.45, 7) is 2.22. The number of carbonyl (C=O) groups excluding carboxylic acids is 2. The number of carbonyl (C=O) groups is 2. The average Bonchev–Trinajstić information content (AvgIpc) is 3.31. The molecule has 0 radical (unpaired) electrons. The van der Waals surface area contributed by atoms with Crippen LogP contribution in [0.1, 0.15) is 57.8 Å². The van der Waals surface area contributed by atoms with Gasteiger partial charge in [-0.1, -0.05) is 6.42 Å². The second-order valence-corrected chi connectivity index (χ2v) is 8.60. The quantitative estimate of drug-likeness (QED) is 0.862. The molecule has 5 heteroatoms. The molecule has 2 N–H and O–H groups in total. The fourth-order valence-corrected chi connectivity index (χ4v) is 5.97. The molecule has 2 saturated heterocycles. The van der Waals surface area contributed by atoms with E-state index in [0.29, 0.717) is 25.0 Å². The lowest BCUT2D eigenvalue weighted by Gasteiger charge is -2.35. The molecule has 0 aromatic rings. The van der Waals surface area contributed by atoms with Gasteiger partial charge in [0.25, 0.3) is 0 Å². The Labute approximate surface area is 144 Å². The Balaban J connectivity index is 1.33. The van der Waals surface area contributed by atoms with E-state index in [1.165, 1.54) is 38.5 Å². The van der Waals surface area contributed by atoms with E-state index in [1.807, 2.05) is 0 Å². The fourth-order valence-electron chi connectivity index (χ4n) is 5.97. The molecule has 24 heavy (non-hydrogen) atoms. The van der Waals surface area contributed by atoms with E-state index in [-0.39, 0.29) is 11.9 Å². The van der Waals surface area contributed by atoms with Crippen LogP contribution in [0.4, 0.5) is 4.79 Å². The third-order valence-corrected chi connectivity index (χ3v) is 7.28. The SMILES string of the molecule is NC(=O)N1CCC(C(=O)N2CCC[C@@H]2C[C@H]2C[C@H]3CC[C@H]2C3)CC1. The molecule has 3 amide bonds. The number of amides is 3. The molecule has 2 bridgehead atoms. The zero-order chi connectivity index (χ0) is 16.7. The first-order chi connectivity index (χ1) is 11.6. The molecule has 0 spiro atoms. The second kappa shape index (κ2) is 6.57. The predicted molar refractivity (Wildman–Crippen MR) is 92.2 cm³/mol. The number of nitrogens with two attached hydrogens (primary N) is 1. The van der Waals surface area contributed by atoms with Crippen molar-refractivity contribution in [2.45, 2.75) is 63.8 Å². The number of nitrogens with zero attached hydrogens (tertiary/aromatic N) is 2. The van der Waals surface area contributed by atoms with Crippen LogP contribution in [0.2, 0.25) is 0 Å². The summed E-state index contributed by atoms with van der Waals surface area (Å²) in [5.74, 6) is 3.26. The maximum atomic E-state index is 13.0. The molecule has 134 valence electrons. The van der Waals surface area contributed by atoms with E-state index in [1.54, 1.807) is 4.90 Å². The minimum atomic E-state index is -0.351. The van der Waals surface area contributed by atoms with Crippen LogP contribution in [0, 0.1) is 23.7 Å². The first-order valence-electron chi connectivity index (χ1n) is 9.96. The van der Waals surface area contributed by atoms with Crippen LogP contribution in [-0.4, -0.2) is 47.4 Å². The van der Waals surface area contributed by atoms with Gasteiger partial charge < -0.3 is 15.5 Å². The van der Waals surface area contributed by atoms with Gasteiger partial charge in [-0.05, 0) is 69.1 Å². The zero-order valence-corrected chi connectivity index (χ0v) is 14.7. The smallest absolute Gasteiger partial charge is 0.314 e. The van der Waals surface area contributed by atoms with E-state index in [9.17, 15) is 9.59 Å². The van der Waals surface area contributed by atoms with Gasteiger partial charge in [-0.3, -0.25) is 4.79 Å². The zero-order valence-electron chi connectivity index (χ0n) is 14.7. The molecule has 0 aromatic heterocycles. The Morgan fingerprint density at radius 2 is 1.75 bits per heavy atom. The van der Waals surface area contributed by atoms with Gasteiger partial charge in [0.2, 0.25) is 5.91 Å². The van der Waals surface area contributed by atoms with Crippen molar-refractivity contribution in [3.05, 3.63) is 0 Å². The van der Waals surface area contributed by atoms with Crippen molar-refractivity contribution >= 4 is 11.9 Å². The number of hydrogen-bond donors (Lipinski definition) is 1. The van der Waals surface area contributed by atoms with Crippen LogP contribution in [0.5, 0.6) is 0 Å². The van der Waals surface area contributed by atoms with Crippen LogP contribution in [0.25, 0.3) is 0 Å². The number of primary amides is 1. The van der Waals surface area contributed by atoms with Gasteiger partial charge in [0.15, 0.2) is 0 Å². The van der Waals surface area contributed by atoms with Crippen LogP contribution >= 0.6 is 0 Å². The summed E-state index contributed by atoms with van der Waals surface area (Å²) in [7, 11) is 0. The van der Waals surface area contributed by atoms with E-state index in [0.717, 1.165) is 43.6 Å². The van der Waals surface area contributed by atoms with Crippen LogP contribution < -0.4 is 5.73 Å². The van der Waals surface area contributed by atoms with Crippen LogP contribution in [-0.2, 0) is 4.79 Å². The average molecular weight is 333 g/mol. The molecule has 0 aromatic carbocycles. The van der Waals surface area contributed by atoms with E-state index < -0.39 is 0 Å². The summed E-state index contributed by atoms with van der Waals surface area (Å²) < 4.78 is 0. The molecule has 2 aliphatic carbocycles. The summed E-state index contributed by atoms with van der Waals surface area (Å²) in [6, 6.07) is 0.132. The first kappa shape index (κ1) is 16.2. The number of rotatable bonds is 3. The molecule has 4 fully saturated rings. The first-order valence-corrected chi connectivity index (χ1v) is 9.96. The highest BCUT2D eigenvalue weighted by molar-refractivity contribution is 5.80. The number of likely N-dealkylation sites (tertiary alicyclic amines) is 2. The maximum Gasteiger partial charge on any atom is 0.314 e. The number of piperidine rings is 1. The minimum absolute atomic E-state index is 0.0984. The molecular formula is C19H31N3O2. The molecule has 4 atom stereocenters. The Hall–Kier alpha value is -1.26. The van der Waals surface area contributed by atoms with Crippen LogP contribution in [0.15, 0.2) is 0 Å². The van der Waals surface area contributed by atoms with Gasteiger partial charge in [-0.15, -0.1) is 0 Å². The van der Waals surface area contributed by atoms with Gasteiger partial charge in [-0.2, -0.15) is 0 Å². The molecular weight excluding hydrogens is 302 g/mol. The molecule has 5 nitrogen and oxygen atoms in total. The number of fused-ring (bicyclic) bond motifs is 2. The lowest BCUT2D eigenvalue weighted by molar-refractivity contribution is -0.138. The summed E-state index contributed by atoms with van der Waals surface area (Å²) in [5.41, 5.74) is 5.35. The highest BCUT2D eigenvalue weighted by atomic mass is 16.2. The molecule has 2 aliphatic heterocycles. The van der Waals surface area contributed by atoms with E-state index >= 15 is 0 Å². The Morgan fingerprint density at radius 1 is 0.958 bits per heavy atom. The van der Waals surface area contributed by atoms with Crippen molar-refractivity contribution < 1.29 is 9.59 Å². The monoisotopic (exact) mass is 333 g/mol. The lowest BCUT2D eigenvalue weighted by atomic mass is 9.83. The molecule has 4 aliphatic rings. The Morgan fingerprint density at radius 3 is 2.38 bits per heavy atom. The van der Waals surface area contributed by atoms with Crippen molar-refractivity contribution in [1.29, 1.82) is 0 Å². The largest absolute Gasteiger partial charge is 0.351 e. The summed E-state index contributed by atoms with van der Waals surface area (Å²) in [4.78, 5) is 28.1. The standard InChI is InChI=1S/C19H31N3O2/c20-19(24)21-8-5-14(6-9-21)18(23)22-7-1-2-17(22)12-16-11-13-3-4-15(16)10-13/h13-17H,1-12H2,(H2,20,24)/t13-,15-,16+,17+/m0/s1. The van der Waals surface area contributed by atoms with Crippen molar-refractivity contribution in [3.8, 4) is 0 Å². The maximum absolute atomic E-state index is 13.0.